The maximum Gasteiger partial charge on any atom is 0.261 e. The first-order valence-corrected chi connectivity index (χ1v) is 6.07. The summed E-state index contributed by atoms with van der Waals surface area (Å²) in [5.74, 6) is -0.234. The quantitative estimate of drug-likeness (QED) is 0.600. The van der Waals surface area contributed by atoms with Gasteiger partial charge in [0.25, 0.3) is 6.43 Å². The van der Waals surface area contributed by atoms with Crippen molar-refractivity contribution in [3.8, 4) is 0 Å². The Balaban J connectivity index is 2.25. The summed E-state index contributed by atoms with van der Waals surface area (Å²) in [4.78, 5) is 11.5. The Kier molecular flexibility index (Phi) is 6.52. The molecule has 0 aliphatic carbocycles. The van der Waals surface area contributed by atoms with Gasteiger partial charge in [-0.1, -0.05) is 11.6 Å². The van der Waals surface area contributed by atoms with E-state index in [1.807, 2.05) is 0 Å². The molecule has 19 heavy (non-hydrogen) atoms. The molecule has 1 aromatic rings. The fourth-order valence-electron chi connectivity index (χ4n) is 1.35. The fraction of sp³-hybridized carbons (Fsp3) is 0.417. The van der Waals surface area contributed by atoms with E-state index in [1.165, 1.54) is 0 Å². The summed E-state index contributed by atoms with van der Waals surface area (Å²) >= 11 is 5.75. The van der Waals surface area contributed by atoms with Crippen molar-refractivity contribution in [3.05, 3.63) is 23.2 Å². The first-order chi connectivity index (χ1) is 8.99. The molecule has 1 aromatic carbocycles. The predicted octanol–water partition coefficient (Wildman–Crippen LogP) is 2.92. The number of benzene rings is 1. The second kappa shape index (κ2) is 7.91. The highest BCUT2D eigenvalue weighted by molar-refractivity contribution is 6.33. The predicted molar refractivity (Wildman–Crippen MR) is 70.6 cm³/mol. The van der Waals surface area contributed by atoms with Crippen LogP contribution >= 0.6 is 11.6 Å². The maximum atomic E-state index is 11.8. The molecule has 0 spiro atoms. The molecule has 0 bridgehead atoms. The number of amides is 1. The molecule has 0 atom stereocenters. The second-order valence-electron chi connectivity index (χ2n) is 3.85. The van der Waals surface area contributed by atoms with Crippen LogP contribution in [0.15, 0.2) is 18.2 Å². The Morgan fingerprint density at radius 2 is 2.21 bits per heavy atom. The van der Waals surface area contributed by atoms with Crippen LogP contribution in [0.3, 0.4) is 0 Å². The lowest BCUT2D eigenvalue weighted by Gasteiger charge is -2.07. The molecule has 7 heteroatoms. The zero-order valence-electron chi connectivity index (χ0n) is 10.2. The smallest absolute Gasteiger partial charge is 0.261 e. The van der Waals surface area contributed by atoms with Gasteiger partial charge < -0.3 is 15.8 Å². The molecule has 3 N–H and O–H groups in total. The van der Waals surface area contributed by atoms with Crippen LogP contribution in [0.1, 0.15) is 12.8 Å². The first-order valence-electron chi connectivity index (χ1n) is 5.70. The Labute approximate surface area is 114 Å². The minimum atomic E-state index is -2.48. The SMILES string of the molecule is Nc1cc(NC(=O)CCCOCC(F)F)ccc1Cl. The molecule has 0 heterocycles. The van der Waals surface area contributed by atoms with Crippen molar-refractivity contribution in [1.29, 1.82) is 0 Å². The molecule has 1 rings (SSSR count). The number of ether oxygens (including phenoxy) is 1. The molecular formula is C12H15ClF2N2O2. The Hall–Kier alpha value is -1.40. The Morgan fingerprint density at radius 3 is 2.84 bits per heavy atom. The number of carbonyl (C=O) groups is 1. The number of alkyl halides is 2. The van der Waals surface area contributed by atoms with Crippen molar-refractivity contribution in [2.45, 2.75) is 19.3 Å². The van der Waals surface area contributed by atoms with Gasteiger partial charge >= 0.3 is 0 Å². The van der Waals surface area contributed by atoms with Gasteiger partial charge in [0.1, 0.15) is 6.61 Å². The van der Waals surface area contributed by atoms with Crippen molar-refractivity contribution in [3.63, 3.8) is 0 Å². The lowest BCUT2D eigenvalue weighted by molar-refractivity contribution is -0.116. The normalized spacial score (nSPS) is 10.7. The highest BCUT2D eigenvalue weighted by Crippen LogP contribution is 2.22. The topological polar surface area (TPSA) is 64.3 Å². The van der Waals surface area contributed by atoms with Crippen molar-refractivity contribution in [2.75, 3.05) is 24.3 Å². The highest BCUT2D eigenvalue weighted by atomic mass is 35.5. The number of nitrogens with one attached hydrogen (secondary N) is 1. The molecule has 0 aliphatic heterocycles. The first kappa shape index (κ1) is 15.7. The average molecular weight is 293 g/mol. The van der Waals surface area contributed by atoms with E-state index in [0.29, 0.717) is 22.8 Å². The number of nitrogens with two attached hydrogens (primary N) is 1. The summed E-state index contributed by atoms with van der Waals surface area (Å²) in [6, 6.07) is 4.76. The molecule has 1 amide bonds. The molecule has 0 saturated heterocycles. The summed E-state index contributed by atoms with van der Waals surface area (Å²) in [6.45, 7) is -0.476. The van der Waals surface area contributed by atoms with Gasteiger partial charge in [-0.15, -0.1) is 0 Å². The second-order valence-corrected chi connectivity index (χ2v) is 4.26. The minimum Gasteiger partial charge on any atom is -0.397 e. The Bertz CT molecular complexity index is 430. The van der Waals surface area contributed by atoms with E-state index in [9.17, 15) is 13.6 Å². The molecule has 4 nitrogen and oxygen atoms in total. The number of carbonyl (C=O) groups excluding carboxylic acids is 1. The third-order valence-corrected chi connectivity index (χ3v) is 2.56. The van der Waals surface area contributed by atoms with E-state index in [1.54, 1.807) is 18.2 Å². The number of hydrogen-bond acceptors (Lipinski definition) is 3. The lowest BCUT2D eigenvalue weighted by Crippen LogP contribution is -2.13. The van der Waals surface area contributed by atoms with Crippen LogP contribution in [0.25, 0.3) is 0 Å². The molecule has 0 aliphatic rings. The highest BCUT2D eigenvalue weighted by Gasteiger charge is 2.05. The van der Waals surface area contributed by atoms with Gasteiger partial charge in [-0.2, -0.15) is 0 Å². The summed E-state index contributed by atoms with van der Waals surface area (Å²) < 4.78 is 28.2. The number of anilines is 2. The molecule has 0 saturated carbocycles. The standard InChI is InChI=1S/C12H15ClF2N2O2/c13-9-4-3-8(6-10(9)16)17-12(18)2-1-5-19-7-11(14)15/h3-4,6,11H,1-2,5,7,16H2,(H,17,18). The number of nitrogen functional groups attached to an aromatic ring is 1. The molecule has 0 unspecified atom stereocenters. The summed E-state index contributed by atoms with van der Waals surface area (Å²) in [5.41, 5.74) is 6.51. The zero-order valence-corrected chi connectivity index (χ0v) is 10.9. The number of rotatable bonds is 7. The molecule has 0 radical (unpaired) electrons. The van der Waals surface area contributed by atoms with E-state index in [4.69, 9.17) is 17.3 Å². The van der Waals surface area contributed by atoms with Crippen molar-refractivity contribution < 1.29 is 18.3 Å². The van der Waals surface area contributed by atoms with E-state index >= 15 is 0 Å². The average Bonchev–Trinajstić information content (AvgIpc) is 2.33. The monoisotopic (exact) mass is 292 g/mol. The molecule has 0 aromatic heterocycles. The van der Waals surface area contributed by atoms with Crippen molar-refractivity contribution >= 4 is 28.9 Å². The number of halogens is 3. The van der Waals surface area contributed by atoms with Gasteiger partial charge in [-0.3, -0.25) is 4.79 Å². The summed E-state index contributed by atoms with van der Waals surface area (Å²) in [6.07, 6.45) is -1.92. The third kappa shape index (κ3) is 6.35. The molecule has 106 valence electrons. The minimum absolute atomic E-state index is 0.126. The fourth-order valence-corrected chi connectivity index (χ4v) is 1.47. The van der Waals surface area contributed by atoms with Gasteiger partial charge in [0.05, 0.1) is 10.7 Å². The van der Waals surface area contributed by atoms with Crippen molar-refractivity contribution in [2.24, 2.45) is 0 Å². The van der Waals surface area contributed by atoms with Gasteiger partial charge in [-0.25, -0.2) is 8.78 Å². The van der Waals surface area contributed by atoms with Crippen LogP contribution in [0.4, 0.5) is 20.2 Å². The summed E-state index contributed by atoms with van der Waals surface area (Å²) in [7, 11) is 0. The lowest BCUT2D eigenvalue weighted by atomic mass is 10.2. The van der Waals surface area contributed by atoms with Crippen LogP contribution in [-0.4, -0.2) is 25.5 Å². The van der Waals surface area contributed by atoms with Crippen LogP contribution in [-0.2, 0) is 9.53 Å². The number of hydrogen-bond donors (Lipinski definition) is 2. The Morgan fingerprint density at radius 1 is 1.47 bits per heavy atom. The largest absolute Gasteiger partial charge is 0.397 e. The van der Waals surface area contributed by atoms with Crippen LogP contribution in [0, 0.1) is 0 Å². The molecule has 0 fully saturated rings. The van der Waals surface area contributed by atoms with Gasteiger partial charge in [0.15, 0.2) is 0 Å². The maximum absolute atomic E-state index is 11.8. The van der Waals surface area contributed by atoms with Crippen LogP contribution in [0.5, 0.6) is 0 Å². The van der Waals surface area contributed by atoms with Crippen LogP contribution < -0.4 is 11.1 Å². The van der Waals surface area contributed by atoms with Gasteiger partial charge in [-0.05, 0) is 24.6 Å². The molecular weight excluding hydrogens is 278 g/mol. The third-order valence-electron chi connectivity index (χ3n) is 2.22. The van der Waals surface area contributed by atoms with Crippen molar-refractivity contribution in [1.82, 2.24) is 0 Å². The van der Waals surface area contributed by atoms with E-state index in [0.717, 1.165) is 0 Å². The van der Waals surface area contributed by atoms with E-state index < -0.39 is 13.0 Å². The van der Waals surface area contributed by atoms with Gasteiger partial charge in [0, 0.05) is 18.7 Å². The zero-order chi connectivity index (χ0) is 14.3. The summed E-state index contributed by atoms with van der Waals surface area (Å²) in [5, 5.41) is 3.04. The van der Waals surface area contributed by atoms with E-state index in [-0.39, 0.29) is 18.9 Å². The van der Waals surface area contributed by atoms with Crippen LogP contribution in [0.2, 0.25) is 5.02 Å². The van der Waals surface area contributed by atoms with E-state index in [2.05, 4.69) is 10.1 Å². The van der Waals surface area contributed by atoms with Gasteiger partial charge in [0.2, 0.25) is 5.91 Å².